The summed E-state index contributed by atoms with van der Waals surface area (Å²) in [4.78, 5) is 12.1. The molecular formula is C21H20FN3O6S. The van der Waals surface area contributed by atoms with Crippen molar-refractivity contribution in [3.05, 3.63) is 59.7 Å². The number of rotatable bonds is 8. The summed E-state index contributed by atoms with van der Waals surface area (Å²) in [7, 11) is -3.60. The van der Waals surface area contributed by atoms with Crippen molar-refractivity contribution in [1.29, 1.82) is 0 Å². The zero-order valence-corrected chi connectivity index (χ0v) is 17.7. The van der Waals surface area contributed by atoms with Crippen molar-refractivity contribution < 1.29 is 31.5 Å². The van der Waals surface area contributed by atoms with Gasteiger partial charge in [0.15, 0.2) is 21.3 Å². The fraction of sp³-hybridized carbons (Fsp3) is 0.286. The lowest BCUT2D eigenvalue weighted by atomic mass is 10.1. The van der Waals surface area contributed by atoms with Gasteiger partial charge in [0.05, 0.1) is 17.1 Å². The maximum atomic E-state index is 13.0. The van der Waals surface area contributed by atoms with Crippen molar-refractivity contribution in [3.63, 3.8) is 0 Å². The van der Waals surface area contributed by atoms with Gasteiger partial charge in [-0.15, -0.1) is 5.10 Å². The number of halogens is 1. The highest BCUT2D eigenvalue weighted by molar-refractivity contribution is 7.91. The van der Waals surface area contributed by atoms with Gasteiger partial charge in [-0.3, -0.25) is 10.1 Å². The van der Waals surface area contributed by atoms with E-state index in [1.165, 1.54) is 12.1 Å². The summed E-state index contributed by atoms with van der Waals surface area (Å²) in [5, 5.41) is 10.2. The van der Waals surface area contributed by atoms with Crippen LogP contribution >= 0.6 is 0 Å². The van der Waals surface area contributed by atoms with E-state index in [2.05, 4.69) is 15.5 Å². The highest BCUT2D eigenvalue weighted by atomic mass is 32.2. The Labute approximate surface area is 183 Å². The molecule has 2 heterocycles. The quantitative estimate of drug-likeness (QED) is 0.509. The van der Waals surface area contributed by atoms with Crippen LogP contribution in [0.3, 0.4) is 0 Å². The molecular weight excluding hydrogens is 441 g/mol. The molecule has 1 aromatic heterocycles. The minimum absolute atomic E-state index is 0.0139. The number of amides is 1. The second-order valence-corrected chi connectivity index (χ2v) is 9.19. The molecule has 0 atom stereocenters. The lowest BCUT2D eigenvalue weighted by molar-refractivity contribution is -0.116. The van der Waals surface area contributed by atoms with E-state index in [9.17, 15) is 17.6 Å². The SMILES string of the molecule is O=C(CCCS(=O)(=O)c1ccc(F)cc1)Nc1nnc(Cc2ccc3c(c2)OCCO3)o1. The third-order valence-corrected chi connectivity index (χ3v) is 6.48. The summed E-state index contributed by atoms with van der Waals surface area (Å²) in [6.45, 7) is 0.996. The van der Waals surface area contributed by atoms with Gasteiger partial charge in [0.1, 0.15) is 19.0 Å². The summed E-state index contributed by atoms with van der Waals surface area (Å²) in [6, 6.07) is 10.00. The predicted octanol–water partition coefficient (Wildman–Crippen LogP) is 2.76. The maximum absolute atomic E-state index is 13.0. The first kappa shape index (κ1) is 21.8. The lowest BCUT2D eigenvalue weighted by Crippen LogP contribution is -2.15. The van der Waals surface area contributed by atoms with Crippen molar-refractivity contribution in [2.24, 2.45) is 0 Å². The number of benzene rings is 2. The van der Waals surface area contributed by atoms with Crippen molar-refractivity contribution in [2.75, 3.05) is 24.3 Å². The molecule has 1 amide bonds. The number of hydrogen-bond acceptors (Lipinski definition) is 8. The molecule has 0 unspecified atom stereocenters. The topological polar surface area (TPSA) is 121 Å². The number of nitrogens with zero attached hydrogens (tertiary/aromatic N) is 2. The fourth-order valence-corrected chi connectivity index (χ4v) is 4.42. The molecule has 1 aliphatic rings. The van der Waals surface area contributed by atoms with Crippen LogP contribution in [0.5, 0.6) is 11.5 Å². The molecule has 0 spiro atoms. The predicted molar refractivity (Wildman–Crippen MR) is 111 cm³/mol. The molecule has 0 aliphatic carbocycles. The van der Waals surface area contributed by atoms with Crippen molar-refractivity contribution in [3.8, 4) is 11.5 Å². The summed E-state index contributed by atoms with van der Waals surface area (Å²) in [5.74, 6) is 0.420. The van der Waals surface area contributed by atoms with Gasteiger partial charge >= 0.3 is 6.01 Å². The molecule has 0 saturated heterocycles. The van der Waals surface area contributed by atoms with E-state index < -0.39 is 21.6 Å². The molecule has 11 heteroatoms. The second-order valence-electron chi connectivity index (χ2n) is 7.08. The smallest absolute Gasteiger partial charge is 0.322 e. The fourth-order valence-electron chi connectivity index (χ4n) is 3.11. The number of ether oxygens (including phenoxy) is 2. The monoisotopic (exact) mass is 461 g/mol. The van der Waals surface area contributed by atoms with Gasteiger partial charge in [-0.2, -0.15) is 0 Å². The van der Waals surface area contributed by atoms with Crippen molar-refractivity contribution in [2.45, 2.75) is 24.2 Å². The standard InChI is InChI=1S/C21H20FN3O6S/c22-15-4-6-16(7-5-15)32(27,28)11-1-2-19(26)23-21-25-24-20(31-21)13-14-3-8-17-18(12-14)30-10-9-29-17/h3-8,12H,1-2,9-11,13H2,(H,23,25,26). The molecule has 0 radical (unpaired) electrons. The second kappa shape index (κ2) is 9.35. The molecule has 0 saturated carbocycles. The molecule has 0 fully saturated rings. The Kier molecular flexibility index (Phi) is 6.35. The zero-order valence-electron chi connectivity index (χ0n) is 16.9. The molecule has 168 valence electrons. The third kappa shape index (κ3) is 5.41. The zero-order chi connectivity index (χ0) is 22.6. The van der Waals surface area contributed by atoms with Gasteiger partial charge in [0, 0.05) is 6.42 Å². The molecule has 4 rings (SSSR count). The van der Waals surface area contributed by atoms with Gasteiger partial charge < -0.3 is 13.9 Å². The van der Waals surface area contributed by atoms with E-state index in [-0.39, 0.29) is 29.5 Å². The third-order valence-electron chi connectivity index (χ3n) is 4.66. The average molecular weight is 461 g/mol. The van der Waals surface area contributed by atoms with Crippen LogP contribution in [0.25, 0.3) is 0 Å². The average Bonchev–Trinajstić information content (AvgIpc) is 3.20. The molecule has 1 aliphatic heterocycles. The molecule has 3 aromatic rings. The van der Waals surface area contributed by atoms with E-state index in [0.29, 0.717) is 37.0 Å². The minimum atomic E-state index is -3.60. The van der Waals surface area contributed by atoms with Gasteiger partial charge in [-0.25, -0.2) is 12.8 Å². The van der Waals surface area contributed by atoms with Crippen LogP contribution in [0.15, 0.2) is 51.8 Å². The van der Waals surface area contributed by atoms with Crippen molar-refractivity contribution in [1.82, 2.24) is 10.2 Å². The van der Waals surface area contributed by atoms with Crippen LogP contribution in [0, 0.1) is 5.82 Å². The van der Waals surface area contributed by atoms with Gasteiger partial charge in [0.2, 0.25) is 11.8 Å². The largest absolute Gasteiger partial charge is 0.486 e. The van der Waals surface area contributed by atoms with Crippen LogP contribution in [-0.2, 0) is 21.1 Å². The first-order valence-electron chi connectivity index (χ1n) is 9.88. The van der Waals surface area contributed by atoms with Crippen molar-refractivity contribution >= 4 is 21.8 Å². The highest BCUT2D eigenvalue weighted by Crippen LogP contribution is 2.31. The Balaban J connectivity index is 1.27. The Morgan fingerprint density at radius 1 is 1.03 bits per heavy atom. The number of fused-ring (bicyclic) bond motifs is 1. The number of nitrogens with one attached hydrogen (secondary N) is 1. The van der Waals surface area contributed by atoms with Crippen LogP contribution in [0.4, 0.5) is 10.4 Å². The summed E-state index contributed by atoms with van der Waals surface area (Å²) < 4.78 is 53.9. The number of carbonyl (C=O) groups is 1. The molecule has 2 aromatic carbocycles. The molecule has 9 nitrogen and oxygen atoms in total. The number of anilines is 1. The number of sulfone groups is 1. The Morgan fingerprint density at radius 2 is 1.78 bits per heavy atom. The van der Waals surface area contributed by atoms with Gasteiger partial charge in [-0.05, 0) is 48.4 Å². The minimum Gasteiger partial charge on any atom is -0.486 e. The Hall–Kier alpha value is -3.47. The number of hydrogen-bond donors (Lipinski definition) is 1. The first-order valence-corrected chi connectivity index (χ1v) is 11.5. The van der Waals surface area contributed by atoms with E-state index in [1.807, 2.05) is 18.2 Å². The Bertz CT molecular complexity index is 1210. The van der Waals surface area contributed by atoms with Crippen LogP contribution < -0.4 is 14.8 Å². The summed E-state index contributed by atoms with van der Waals surface area (Å²) in [6.07, 6.45) is 0.374. The van der Waals surface area contributed by atoms with E-state index in [0.717, 1.165) is 17.7 Å². The van der Waals surface area contributed by atoms with Gasteiger partial charge in [0.25, 0.3) is 0 Å². The van der Waals surface area contributed by atoms with Crippen LogP contribution in [0.2, 0.25) is 0 Å². The van der Waals surface area contributed by atoms with E-state index in [1.54, 1.807) is 0 Å². The van der Waals surface area contributed by atoms with Crippen LogP contribution in [-0.4, -0.2) is 43.5 Å². The van der Waals surface area contributed by atoms with Gasteiger partial charge in [-0.1, -0.05) is 11.2 Å². The lowest BCUT2D eigenvalue weighted by Gasteiger charge is -2.18. The van der Waals surface area contributed by atoms with Crippen LogP contribution in [0.1, 0.15) is 24.3 Å². The number of aromatic nitrogens is 2. The molecule has 0 bridgehead atoms. The maximum Gasteiger partial charge on any atom is 0.322 e. The molecule has 32 heavy (non-hydrogen) atoms. The number of carbonyl (C=O) groups excluding carboxylic acids is 1. The van der Waals surface area contributed by atoms with E-state index >= 15 is 0 Å². The normalized spacial score (nSPS) is 13.0. The first-order chi connectivity index (χ1) is 15.4. The van der Waals surface area contributed by atoms with E-state index in [4.69, 9.17) is 13.9 Å². The summed E-state index contributed by atoms with van der Waals surface area (Å²) >= 11 is 0. The molecule has 1 N–H and O–H groups in total. The highest BCUT2D eigenvalue weighted by Gasteiger charge is 2.17. The Morgan fingerprint density at radius 3 is 2.56 bits per heavy atom. The summed E-state index contributed by atoms with van der Waals surface area (Å²) in [5.41, 5.74) is 0.877.